The van der Waals surface area contributed by atoms with Crippen molar-refractivity contribution in [2.45, 2.75) is 161 Å². The summed E-state index contributed by atoms with van der Waals surface area (Å²) in [4.78, 5) is 11.8. The van der Waals surface area contributed by atoms with Crippen LogP contribution in [0.5, 0.6) is 0 Å². The molecule has 31 heavy (non-hydrogen) atoms. The molecule has 0 fully saturated rings. The Labute approximate surface area is 192 Å². The van der Waals surface area contributed by atoms with E-state index in [2.05, 4.69) is 13.8 Å². The minimum Gasteiger partial charge on any atom is -0.447 e. The molecule has 0 aromatic carbocycles. The Morgan fingerprint density at radius 3 is 1.52 bits per heavy atom. The van der Waals surface area contributed by atoms with Crippen LogP contribution < -0.4 is 5.73 Å². The topological polar surface area (TPSA) is 92.8 Å². The summed E-state index contributed by atoms with van der Waals surface area (Å²) in [6, 6.07) is 0. The van der Waals surface area contributed by atoms with Gasteiger partial charge in [0.1, 0.15) is 0 Å². The maximum Gasteiger partial charge on any atom is 0.307 e. The number of carbonyl (C=O) groups excluding carboxylic acids is 1. The van der Waals surface area contributed by atoms with Crippen molar-refractivity contribution in [3.63, 3.8) is 0 Å². The Balaban J connectivity index is 3.51. The number of nitrogens with two attached hydrogens (primary N) is 1. The van der Waals surface area contributed by atoms with Crippen LogP contribution >= 0.6 is 0 Å². The van der Waals surface area contributed by atoms with Crippen LogP contribution in [-0.4, -0.2) is 34.6 Å². The summed E-state index contributed by atoms with van der Waals surface area (Å²) in [6.07, 6.45) is 18.8. The summed E-state index contributed by atoms with van der Waals surface area (Å²) in [5.41, 5.74) is 5.88. The van der Waals surface area contributed by atoms with Crippen LogP contribution in [-0.2, 0) is 9.53 Å². The quantitative estimate of drug-likeness (QED) is 0.0968. The monoisotopic (exact) mass is 443 g/mol. The Hall–Kier alpha value is -0.650. The lowest BCUT2D eigenvalue weighted by atomic mass is 9.99. The summed E-state index contributed by atoms with van der Waals surface area (Å²) < 4.78 is 5.28. The normalized spacial score (nSPS) is 14.4. The number of aliphatic hydroxyl groups is 2. The molecule has 5 nitrogen and oxygen atoms in total. The van der Waals surface area contributed by atoms with Gasteiger partial charge >= 0.3 is 5.97 Å². The number of hydrogen-bond donors (Lipinski definition) is 3. The molecule has 186 valence electrons. The molecule has 3 unspecified atom stereocenters. The molecule has 0 bridgehead atoms. The molecule has 3 atom stereocenters. The van der Waals surface area contributed by atoms with Crippen molar-refractivity contribution < 1.29 is 19.7 Å². The van der Waals surface area contributed by atoms with Crippen molar-refractivity contribution in [3.05, 3.63) is 0 Å². The van der Waals surface area contributed by atoms with E-state index >= 15 is 0 Å². The lowest BCUT2D eigenvalue weighted by Crippen LogP contribution is -2.27. The lowest BCUT2D eigenvalue weighted by molar-refractivity contribution is -0.149. The highest BCUT2D eigenvalue weighted by molar-refractivity contribution is 5.69. The molecule has 0 saturated heterocycles. The predicted octanol–water partition coefficient (Wildman–Crippen LogP) is 6.38. The largest absolute Gasteiger partial charge is 0.447 e. The van der Waals surface area contributed by atoms with Crippen molar-refractivity contribution in [2.75, 3.05) is 0 Å². The minimum atomic E-state index is -0.603. The summed E-state index contributed by atoms with van der Waals surface area (Å²) >= 11 is 0. The Bertz CT molecular complexity index is 392. The molecule has 5 heteroatoms. The van der Waals surface area contributed by atoms with Crippen LogP contribution in [0.1, 0.15) is 142 Å². The van der Waals surface area contributed by atoms with E-state index in [1.54, 1.807) is 0 Å². The highest BCUT2D eigenvalue weighted by Gasteiger charge is 2.15. The molecule has 4 N–H and O–H groups in total. The van der Waals surface area contributed by atoms with Crippen LogP contribution in [0.2, 0.25) is 0 Å². The van der Waals surface area contributed by atoms with Gasteiger partial charge in [-0.25, -0.2) is 0 Å². The van der Waals surface area contributed by atoms with Crippen LogP contribution in [0.4, 0.5) is 0 Å². The van der Waals surface area contributed by atoms with E-state index in [1.165, 1.54) is 44.9 Å². The molecule has 0 aromatic heterocycles. The van der Waals surface area contributed by atoms with Gasteiger partial charge < -0.3 is 14.9 Å². The Morgan fingerprint density at radius 1 is 0.645 bits per heavy atom. The van der Waals surface area contributed by atoms with Gasteiger partial charge in [0.2, 0.25) is 0 Å². The number of ether oxygens (including phenoxy) is 1. The second-order valence-electron chi connectivity index (χ2n) is 9.23. The SMILES string of the molecule is CCCCCCCCC(O)C(O)CCCCCCCC(=O)OC(N)CCCCCCC. The third kappa shape index (κ3) is 21.0. The first-order chi connectivity index (χ1) is 15.0. The van der Waals surface area contributed by atoms with E-state index in [0.29, 0.717) is 19.3 Å². The van der Waals surface area contributed by atoms with Crippen LogP contribution in [0, 0.1) is 0 Å². The molecular weight excluding hydrogens is 390 g/mol. The number of carbonyl (C=O) groups is 1. The molecule has 0 aliphatic carbocycles. The van der Waals surface area contributed by atoms with Gasteiger partial charge in [0.25, 0.3) is 0 Å². The maximum atomic E-state index is 11.8. The van der Waals surface area contributed by atoms with E-state index in [9.17, 15) is 15.0 Å². The average molecular weight is 444 g/mol. The van der Waals surface area contributed by atoms with Crippen molar-refractivity contribution in [1.82, 2.24) is 0 Å². The summed E-state index contributed by atoms with van der Waals surface area (Å²) in [7, 11) is 0. The Kier molecular flexibility index (Phi) is 22.1. The number of rotatable bonds is 23. The molecule has 0 aliphatic heterocycles. The number of hydrogen-bond acceptors (Lipinski definition) is 5. The molecule has 0 saturated carbocycles. The summed E-state index contributed by atoms with van der Waals surface area (Å²) in [6.45, 7) is 4.40. The first-order valence-corrected chi connectivity index (χ1v) is 13.3. The van der Waals surface area contributed by atoms with Crippen molar-refractivity contribution in [2.24, 2.45) is 5.73 Å². The van der Waals surface area contributed by atoms with Gasteiger partial charge in [0.05, 0.1) is 12.2 Å². The third-order valence-corrected chi connectivity index (χ3v) is 6.05. The lowest BCUT2D eigenvalue weighted by Gasteiger charge is -2.17. The van der Waals surface area contributed by atoms with Gasteiger partial charge in [0, 0.05) is 6.42 Å². The fourth-order valence-electron chi connectivity index (χ4n) is 3.91. The first-order valence-electron chi connectivity index (χ1n) is 13.3. The van der Waals surface area contributed by atoms with E-state index in [4.69, 9.17) is 10.5 Å². The zero-order valence-corrected chi connectivity index (χ0v) is 20.7. The molecule has 0 aliphatic rings. The van der Waals surface area contributed by atoms with Gasteiger partial charge in [-0.3, -0.25) is 10.5 Å². The second kappa shape index (κ2) is 22.5. The fourth-order valence-corrected chi connectivity index (χ4v) is 3.91. The molecule has 0 heterocycles. The molecular formula is C26H53NO4. The van der Waals surface area contributed by atoms with E-state index < -0.39 is 18.4 Å². The maximum absolute atomic E-state index is 11.8. The molecule has 0 radical (unpaired) electrons. The highest BCUT2D eigenvalue weighted by Crippen LogP contribution is 2.15. The number of aliphatic hydroxyl groups excluding tert-OH is 2. The molecule has 0 amide bonds. The summed E-state index contributed by atoms with van der Waals surface area (Å²) in [5.74, 6) is -0.186. The van der Waals surface area contributed by atoms with Crippen LogP contribution in [0.25, 0.3) is 0 Å². The van der Waals surface area contributed by atoms with Crippen LogP contribution in [0.15, 0.2) is 0 Å². The van der Waals surface area contributed by atoms with Gasteiger partial charge in [0.15, 0.2) is 6.23 Å². The molecule has 0 aromatic rings. The van der Waals surface area contributed by atoms with Gasteiger partial charge in [-0.05, 0) is 32.1 Å². The predicted molar refractivity (Wildman–Crippen MR) is 130 cm³/mol. The van der Waals surface area contributed by atoms with Crippen LogP contribution in [0.3, 0.4) is 0 Å². The zero-order valence-electron chi connectivity index (χ0n) is 20.7. The third-order valence-electron chi connectivity index (χ3n) is 6.05. The van der Waals surface area contributed by atoms with Gasteiger partial charge in [-0.2, -0.15) is 0 Å². The fraction of sp³-hybridized carbons (Fsp3) is 0.962. The average Bonchev–Trinajstić information content (AvgIpc) is 2.74. The number of esters is 1. The van der Waals surface area contributed by atoms with Crippen molar-refractivity contribution in [1.29, 1.82) is 0 Å². The Morgan fingerprint density at radius 2 is 1.03 bits per heavy atom. The second-order valence-corrected chi connectivity index (χ2v) is 9.23. The molecule has 0 spiro atoms. The van der Waals surface area contributed by atoms with E-state index in [1.807, 2.05) is 0 Å². The van der Waals surface area contributed by atoms with Crippen molar-refractivity contribution >= 4 is 5.97 Å². The van der Waals surface area contributed by atoms with E-state index in [0.717, 1.165) is 64.2 Å². The van der Waals surface area contributed by atoms with Gasteiger partial charge in [-0.1, -0.05) is 104 Å². The molecule has 0 rings (SSSR count). The van der Waals surface area contributed by atoms with Crippen molar-refractivity contribution in [3.8, 4) is 0 Å². The number of unbranched alkanes of at least 4 members (excludes halogenated alkanes) is 13. The standard InChI is InChI=1S/C26H53NO4/c1-3-5-7-9-12-15-19-23(28)24(29)20-16-13-10-14-18-22-26(30)31-25(27)21-17-11-8-6-4-2/h23-25,28-29H,3-22,27H2,1-2H3. The smallest absolute Gasteiger partial charge is 0.307 e. The van der Waals surface area contributed by atoms with Gasteiger partial charge in [-0.15, -0.1) is 0 Å². The highest BCUT2D eigenvalue weighted by atomic mass is 16.6. The first kappa shape index (κ1) is 30.4. The minimum absolute atomic E-state index is 0.186. The van der Waals surface area contributed by atoms with E-state index in [-0.39, 0.29) is 5.97 Å². The summed E-state index contributed by atoms with van der Waals surface area (Å²) in [5, 5.41) is 20.2. The zero-order chi connectivity index (χ0) is 23.2.